The van der Waals surface area contributed by atoms with E-state index in [0.717, 1.165) is 16.8 Å². The van der Waals surface area contributed by atoms with E-state index in [1.165, 1.54) is 0 Å². The van der Waals surface area contributed by atoms with Crippen LogP contribution in [0.3, 0.4) is 0 Å². The molecule has 0 radical (unpaired) electrons. The molecule has 0 saturated heterocycles. The van der Waals surface area contributed by atoms with Crippen molar-refractivity contribution in [3.8, 4) is 11.5 Å². The molecule has 0 aliphatic heterocycles. The van der Waals surface area contributed by atoms with Crippen molar-refractivity contribution in [1.29, 1.82) is 0 Å². The second-order valence-corrected chi connectivity index (χ2v) is 5.23. The Morgan fingerprint density at radius 1 is 1.08 bits per heavy atom. The Morgan fingerprint density at radius 2 is 1.96 bits per heavy atom. The molecule has 1 aromatic carbocycles. The second kappa shape index (κ2) is 7.92. The zero-order valence-corrected chi connectivity index (χ0v) is 13.1. The molecule has 0 saturated carbocycles. The van der Waals surface area contributed by atoms with Gasteiger partial charge in [-0.05, 0) is 23.8 Å². The van der Waals surface area contributed by atoms with Crippen LogP contribution in [-0.2, 0) is 13.0 Å². The average Bonchev–Trinajstić information content (AvgIpc) is 3.11. The van der Waals surface area contributed by atoms with Crippen molar-refractivity contribution in [2.24, 2.45) is 0 Å². The highest BCUT2D eigenvalue weighted by molar-refractivity contribution is 5.73. The summed E-state index contributed by atoms with van der Waals surface area (Å²) in [5.41, 5.74) is 2.70. The van der Waals surface area contributed by atoms with Crippen LogP contribution in [0.2, 0.25) is 0 Å². The minimum absolute atomic E-state index is 0.217. The largest absolute Gasteiger partial charge is 0.444 e. The smallest absolute Gasteiger partial charge is 0.315 e. The third kappa shape index (κ3) is 4.42. The van der Waals surface area contributed by atoms with Gasteiger partial charge < -0.3 is 15.1 Å². The minimum atomic E-state index is -0.217. The molecule has 0 fully saturated rings. The Hall–Kier alpha value is -3.15. The zero-order chi connectivity index (χ0) is 16.6. The number of hydrogen-bond acceptors (Lipinski definition) is 4. The Morgan fingerprint density at radius 3 is 2.75 bits per heavy atom. The SMILES string of the molecule is O=C(NCCc1coc(-c2ccccc2)n1)NCc1cccnc1. The molecule has 2 amide bonds. The molecule has 24 heavy (non-hydrogen) atoms. The predicted octanol–water partition coefficient (Wildman–Crippen LogP) is 2.78. The van der Waals surface area contributed by atoms with Gasteiger partial charge in [-0.25, -0.2) is 9.78 Å². The molecule has 2 aromatic heterocycles. The van der Waals surface area contributed by atoms with Gasteiger partial charge in [0, 0.05) is 37.5 Å². The summed E-state index contributed by atoms with van der Waals surface area (Å²) in [6.07, 6.45) is 5.65. The summed E-state index contributed by atoms with van der Waals surface area (Å²) in [5, 5.41) is 5.58. The number of carbonyl (C=O) groups excluding carboxylic acids is 1. The molecule has 0 spiro atoms. The van der Waals surface area contributed by atoms with Crippen LogP contribution in [0.15, 0.2) is 65.5 Å². The van der Waals surface area contributed by atoms with Crippen molar-refractivity contribution in [2.45, 2.75) is 13.0 Å². The first-order valence-corrected chi connectivity index (χ1v) is 7.72. The number of nitrogens with zero attached hydrogens (tertiary/aromatic N) is 2. The Bertz CT molecular complexity index is 772. The highest BCUT2D eigenvalue weighted by Gasteiger charge is 2.07. The lowest BCUT2D eigenvalue weighted by atomic mass is 10.2. The maximum absolute atomic E-state index is 11.7. The van der Waals surface area contributed by atoms with Gasteiger partial charge in [0.15, 0.2) is 0 Å². The second-order valence-electron chi connectivity index (χ2n) is 5.23. The van der Waals surface area contributed by atoms with Gasteiger partial charge in [0.25, 0.3) is 0 Å². The van der Waals surface area contributed by atoms with Crippen LogP contribution >= 0.6 is 0 Å². The monoisotopic (exact) mass is 322 g/mol. The van der Waals surface area contributed by atoms with Crippen molar-refractivity contribution in [3.63, 3.8) is 0 Å². The van der Waals surface area contributed by atoms with Gasteiger partial charge in [-0.3, -0.25) is 4.98 Å². The first kappa shape index (κ1) is 15.7. The number of carbonyl (C=O) groups is 1. The molecule has 2 heterocycles. The molecule has 0 bridgehead atoms. The van der Waals surface area contributed by atoms with Crippen LogP contribution < -0.4 is 10.6 Å². The number of amides is 2. The number of rotatable bonds is 6. The average molecular weight is 322 g/mol. The number of aromatic nitrogens is 2. The van der Waals surface area contributed by atoms with Gasteiger partial charge in [-0.2, -0.15) is 0 Å². The molecular weight excluding hydrogens is 304 g/mol. The van der Waals surface area contributed by atoms with Gasteiger partial charge in [-0.15, -0.1) is 0 Å². The molecule has 3 rings (SSSR count). The third-order valence-corrected chi connectivity index (χ3v) is 3.42. The van der Waals surface area contributed by atoms with E-state index in [9.17, 15) is 4.79 Å². The number of urea groups is 1. The standard InChI is InChI=1S/C18H18N4O2/c23-18(21-12-14-5-4-9-19-11-14)20-10-8-16-13-24-17(22-16)15-6-2-1-3-7-15/h1-7,9,11,13H,8,10,12H2,(H2,20,21,23). The van der Waals surface area contributed by atoms with Crippen LogP contribution in [-0.4, -0.2) is 22.5 Å². The fraction of sp³-hybridized carbons (Fsp3) is 0.167. The van der Waals surface area contributed by atoms with E-state index in [2.05, 4.69) is 20.6 Å². The van der Waals surface area contributed by atoms with E-state index >= 15 is 0 Å². The number of benzene rings is 1. The van der Waals surface area contributed by atoms with E-state index in [1.807, 2.05) is 42.5 Å². The normalized spacial score (nSPS) is 10.3. The van der Waals surface area contributed by atoms with E-state index in [1.54, 1.807) is 18.7 Å². The maximum atomic E-state index is 11.7. The highest BCUT2D eigenvalue weighted by atomic mass is 16.3. The Kier molecular flexibility index (Phi) is 5.19. The topological polar surface area (TPSA) is 80.0 Å². The van der Waals surface area contributed by atoms with E-state index < -0.39 is 0 Å². The number of nitrogens with one attached hydrogen (secondary N) is 2. The van der Waals surface area contributed by atoms with Crippen LogP contribution in [0.1, 0.15) is 11.3 Å². The van der Waals surface area contributed by atoms with Gasteiger partial charge in [0.1, 0.15) is 6.26 Å². The summed E-state index contributed by atoms with van der Waals surface area (Å²) in [7, 11) is 0. The van der Waals surface area contributed by atoms with Crippen molar-refractivity contribution in [2.75, 3.05) is 6.54 Å². The molecule has 3 aromatic rings. The van der Waals surface area contributed by atoms with Crippen LogP contribution in [0.5, 0.6) is 0 Å². The fourth-order valence-corrected chi connectivity index (χ4v) is 2.19. The van der Waals surface area contributed by atoms with Gasteiger partial charge in [0.05, 0.1) is 5.69 Å². The van der Waals surface area contributed by atoms with Crippen molar-refractivity contribution < 1.29 is 9.21 Å². The van der Waals surface area contributed by atoms with E-state index in [-0.39, 0.29) is 6.03 Å². The summed E-state index contributed by atoms with van der Waals surface area (Å²) in [5.74, 6) is 0.589. The Labute approximate surface area is 140 Å². The lowest BCUT2D eigenvalue weighted by Gasteiger charge is -2.06. The predicted molar refractivity (Wildman–Crippen MR) is 90.1 cm³/mol. The molecule has 2 N–H and O–H groups in total. The van der Waals surface area contributed by atoms with Crippen molar-refractivity contribution >= 4 is 6.03 Å². The lowest BCUT2D eigenvalue weighted by molar-refractivity contribution is 0.240. The summed E-state index contributed by atoms with van der Waals surface area (Å²) in [6.45, 7) is 0.932. The van der Waals surface area contributed by atoms with Crippen LogP contribution in [0.25, 0.3) is 11.5 Å². The molecule has 0 atom stereocenters. The summed E-state index contributed by atoms with van der Waals surface area (Å²) in [4.78, 5) is 20.2. The number of hydrogen-bond donors (Lipinski definition) is 2. The van der Waals surface area contributed by atoms with E-state index in [4.69, 9.17) is 4.42 Å². The molecular formula is C18H18N4O2. The molecule has 6 heteroatoms. The van der Waals surface area contributed by atoms with Crippen molar-refractivity contribution in [1.82, 2.24) is 20.6 Å². The zero-order valence-electron chi connectivity index (χ0n) is 13.1. The summed E-state index contributed by atoms with van der Waals surface area (Å²) < 4.78 is 5.47. The van der Waals surface area contributed by atoms with Crippen molar-refractivity contribution in [3.05, 3.63) is 72.4 Å². The first-order chi connectivity index (χ1) is 11.8. The van der Waals surface area contributed by atoms with Gasteiger partial charge in [0.2, 0.25) is 5.89 Å². The quantitative estimate of drug-likeness (QED) is 0.731. The molecule has 0 aliphatic carbocycles. The van der Waals surface area contributed by atoms with Crippen LogP contribution in [0.4, 0.5) is 4.79 Å². The number of oxazole rings is 1. The molecule has 0 aliphatic rings. The molecule has 122 valence electrons. The number of pyridine rings is 1. The van der Waals surface area contributed by atoms with Crippen LogP contribution in [0, 0.1) is 0 Å². The lowest BCUT2D eigenvalue weighted by Crippen LogP contribution is -2.36. The third-order valence-electron chi connectivity index (χ3n) is 3.42. The summed E-state index contributed by atoms with van der Waals surface area (Å²) in [6, 6.07) is 13.2. The first-order valence-electron chi connectivity index (χ1n) is 7.72. The van der Waals surface area contributed by atoms with E-state index in [0.29, 0.717) is 25.4 Å². The summed E-state index contributed by atoms with van der Waals surface area (Å²) >= 11 is 0. The molecule has 0 unspecified atom stereocenters. The van der Waals surface area contributed by atoms with Gasteiger partial charge >= 0.3 is 6.03 Å². The molecule has 6 nitrogen and oxygen atoms in total. The fourth-order valence-electron chi connectivity index (χ4n) is 2.19. The van der Waals surface area contributed by atoms with Gasteiger partial charge in [-0.1, -0.05) is 24.3 Å². The Balaban J connectivity index is 1.42. The highest BCUT2D eigenvalue weighted by Crippen LogP contribution is 2.17. The minimum Gasteiger partial charge on any atom is -0.444 e. The maximum Gasteiger partial charge on any atom is 0.315 e.